The molecule has 0 saturated carbocycles. The Balaban J connectivity index is 1.41. The van der Waals surface area contributed by atoms with Gasteiger partial charge in [0, 0.05) is 0 Å². The van der Waals surface area contributed by atoms with Crippen LogP contribution in [0.15, 0.2) is 30.6 Å². The average Bonchev–Trinajstić information content (AvgIpc) is 3.35. The van der Waals surface area contributed by atoms with Crippen LogP contribution in [0.4, 0.5) is 5.95 Å². The van der Waals surface area contributed by atoms with E-state index in [-0.39, 0.29) is 41.8 Å². The van der Waals surface area contributed by atoms with Crippen molar-refractivity contribution in [1.29, 1.82) is 0 Å². The number of carbonyl (C=O) groups excluding carboxylic acids is 2. The normalized spacial score (nSPS) is 30.4. The molecular weight excluding hydrogens is 320 g/mol. The maximum atomic E-state index is 12.7. The monoisotopic (exact) mass is 338 g/mol. The van der Waals surface area contributed by atoms with E-state index in [1.54, 1.807) is 11.0 Å². The van der Waals surface area contributed by atoms with Gasteiger partial charge in [0.2, 0.25) is 11.8 Å². The molecule has 2 bridgehead atoms. The summed E-state index contributed by atoms with van der Waals surface area (Å²) < 4.78 is 7.41. The van der Waals surface area contributed by atoms with Gasteiger partial charge in [-0.3, -0.25) is 9.59 Å². The van der Waals surface area contributed by atoms with Gasteiger partial charge in [0.05, 0.1) is 30.6 Å². The Morgan fingerprint density at radius 1 is 1.12 bits per heavy atom. The minimum absolute atomic E-state index is 0.120. The Morgan fingerprint density at radius 2 is 1.80 bits per heavy atom. The Bertz CT molecular complexity index is 849. The largest absolute Gasteiger partial charge is 0.373 e. The summed E-state index contributed by atoms with van der Waals surface area (Å²) >= 11 is 0. The molecule has 3 aliphatic rings. The van der Waals surface area contributed by atoms with Crippen LogP contribution < -0.4 is 4.90 Å². The second-order valence-corrected chi connectivity index (χ2v) is 7.02. The number of nitrogens with zero attached hydrogens (tertiary/aromatic N) is 4. The summed E-state index contributed by atoms with van der Waals surface area (Å²) in [6.07, 6.45) is 3.04. The smallest absolute Gasteiger partial charge is 0.258 e. The van der Waals surface area contributed by atoms with Crippen LogP contribution in [-0.4, -0.2) is 38.8 Å². The van der Waals surface area contributed by atoms with Crippen LogP contribution in [0, 0.1) is 18.8 Å². The molecule has 3 fully saturated rings. The molecule has 4 atom stereocenters. The number of aryl methyl sites for hydroxylation is 1. The van der Waals surface area contributed by atoms with Gasteiger partial charge in [-0.05, 0) is 30.9 Å². The molecule has 128 valence electrons. The SMILES string of the molecule is Cc1ccccc1Cn1cnc(N2C(=O)[C@@H]3[C@H](C2=O)[C@@H]2CC[C@@H]3O2)n1. The molecule has 2 aromatic rings. The van der Waals surface area contributed by atoms with E-state index in [2.05, 4.69) is 10.1 Å². The van der Waals surface area contributed by atoms with E-state index in [1.165, 1.54) is 0 Å². The molecule has 0 unspecified atom stereocenters. The molecule has 2 amide bonds. The first-order valence-electron chi connectivity index (χ1n) is 8.61. The second kappa shape index (κ2) is 5.23. The number of ether oxygens (including phenoxy) is 1. The van der Waals surface area contributed by atoms with Gasteiger partial charge < -0.3 is 4.74 Å². The van der Waals surface area contributed by atoms with Crippen LogP contribution in [0.3, 0.4) is 0 Å². The minimum Gasteiger partial charge on any atom is -0.373 e. The highest BCUT2D eigenvalue weighted by atomic mass is 16.5. The fraction of sp³-hybridized carbons (Fsp3) is 0.444. The molecule has 0 spiro atoms. The molecule has 1 aromatic carbocycles. The Hall–Kier alpha value is -2.54. The number of fused-ring (bicyclic) bond motifs is 5. The number of imide groups is 1. The average molecular weight is 338 g/mol. The number of hydrogen-bond acceptors (Lipinski definition) is 5. The molecule has 5 rings (SSSR count). The summed E-state index contributed by atoms with van der Waals surface area (Å²) in [5, 5.41) is 4.38. The van der Waals surface area contributed by atoms with Gasteiger partial charge in [0.15, 0.2) is 0 Å². The van der Waals surface area contributed by atoms with Crippen LogP contribution in [-0.2, 0) is 20.9 Å². The van der Waals surface area contributed by atoms with Gasteiger partial charge in [-0.2, -0.15) is 4.98 Å². The van der Waals surface area contributed by atoms with E-state index in [0.717, 1.165) is 28.9 Å². The molecule has 3 aliphatic heterocycles. The van der Waals surface area contributed by atoms with Gasteiger partial charge in [-0.25, -0.2) is 9.58 Å². The molecule has 4 heterocycles. The van der Waals surface area contributed by atoms with Crippen molar-refractivity contribution >= 4 is 17.8 Å². The fourth-order valence-electron chi connectivity index (χ4n) is 4.33. The molecule has 3 saturated heterocycles. The highest BCUT2D eigenvalue weighted by Crippen LogP contribution is 2.48. The van der Waals surface area contributed by atoms with Crippen molar-refractivity contribution in [2.24, 2.45) is 11.8 Å². The first-order chi connectivity index (χ1) is 12.1. The quantitative estimate of drug-likeness (QED) is 0.789. The van der Waals surface area contributed by atoms with E-state index in [1.807, 2.05) is 31.2 Å². The summed E-state index contributed by atoms with van der Waals surface area (Å²) in [6.45, 7) is 2.59. The number of amides is 2. The van der Waals surface area contributed by atoms with Crippen molar-refractivity contribution in [3.63, 3.8) is 0 Å². The van der Waals surface area contributed by atoms with E-state index in [0.29, 0.717) is 6.54 Å². The summed E-state index contributed by atoms with van der Waals surface area (Å²) in [6, 6.07) is 8.03. The molecule has 0 N–H and O–H groups in total. The highest BCUT2D eigenvalue weighted by molar-refractivity contribution is 6.21. The third-order valence-electron chi connectivity index (χ3n) is 5.60. The summed E-state index contributed by atoms with van der Waals surface area (Å²) in [5.74, 6) is -0.951. The third-order valence-corrected chi connectivity index (χ3v) is 5.60. The molecule has 7 heteroatoms. The van der Waals surface area contributed by atoms with E-state index >= 15 is 0 Å². The minimum atomic E-state index is -0.352. The predicted octanol–water partition coefficient (Wildman–Crippen LogP) is 1.30. The fourth-order valence-corrected chi connectivity index (χ4v) is 4.33. The zero-order valence-electron chi connectivity index (χ0n) is 13.8. The summed E-state index contributed by atoms with van der Waals surface area (Å²) in [7, 11) is 0. The lowest BCUT2D eigenvalue weighted by Crippen LogP contribution is -2.35. The maximum absolute atomic E-state index is 12.7. The van der Waals surface area contributed by atoms with Gasteiger partial charge in [0.25, 0.3) is 5.95 Å². The molecule has 7 nitrogen and oxygen atoms in total. The predicted molar refractivity (Wildman–Crippen MR) is 87.7 cm³/mol. The van der Waals surface area contributed by atoms with Crippen molar-refractivity contribution < 1.29 is 14.3 Å². The van der Waals surface area contributed by atoms with Crippen LogP contribution in [0.5, 0.6) is 0 Å². The number of aromatic nitrogens is 3. The molecular formula is C18H18N4O3. The van der Waals surface area contributed by atoms with Crippen molar-refractivity contribution in [3.8, 4) is 0 Å². The van der Waals surface area contributed by atoms with Gasteiger partial charge in [-0.15, -0.1) is 5.10 Å². The first kappa shape index (κ1) is 14.8. The van der Waals surface area contributed by atoms with Gasteiger partial charge >= 0.3 is 0 Å². The molecule has 1 aromatic heterocycles. The van der Waals surface area contributed by atoms with Crippen molar-refractivity contribution in [1.82, 2.24) is 14.8 Å². The van der Waals surface area contributed by atoms with Gasteiger partial charge in [-0.1, -0.05) is 24.3 Å². The lowest BCUT2D eigenvalue weighted by Gasteiger charge is -2.14. The van der Waals surface area contributed by atoms with Crippen LogP contribution in [0.25, 0.3) is 0 Å². The molecule has 25 heavy (non-hydrogen) atoms. The number of rotatable bonds is 3. The number of anilines is 1. The van der Waals surface area contributed by atoms with E-state index in [4.69, 9.17) is 4.74 Å². The zero-order chi connectivity index (χ0) is 17.1. The number of carbonyl (C=O) groups is 2. The third kappa shape index (κ3) is 2.08. The van der Waals surface area contributed by atoms with Crippen LogP contribution in [0.2, 0.25) is 0 Å². The van der Waals surface area contributed by atoms with E-state index < -0.39 is 0 Å². The zero-order valence-corrected chi connectivity index (χ0v) is 13.8. The van der Waals surface area contributed by atoms with Crippen molar-refractivity contribution in [3.05, 3.63) is 41.7 Å². The molecule has 0 radical (unpaired) electrons. The van der Waals surface area contributed by atoms with Crippen molar-refractivity contribution in [2.75, 3.05) is 4.90 Å². The number of hydrogen-bond donors (Lipinski definition) is 0. The van der Waals surface area contributed by atoms with Crippen molar-refractivity contribution in [2.45, 2.75) is 38.5 Å². The Kier molecular flexibility index (Phi) is 3.09. The topological polar surface area (TPSA) is 77.3 Å². The standard InChI is InChI=1S/C18H18N4O3/c1-10-4-2-3-5-11(10)8-21-9-19-18(20-21)22-16(23)14-12-6-7-13(25-12)15(14)17(22)24/h2-5,9,12-15H,6-8H2,1H3/t12-,13-,14-,15+/m0/s1. The first-order valence-corrected chi connectivity index (χ1v) is 8.61. The van der Waals surface area contributed by atoms with Crippen LogP contribution in [0.1, 0.15) is 24.0 Å². The van der Waals surface area contributed by atoms with E-state index in [9.17, 15) is 9.59 Å². The second-order valence-electron chi connectivity index (χ2n) is 7.02. The lowest BCUT2D eigenvalue weighted by molar-refractivity contribution is -0.124. The molecule has 0 aliphatic carbocycles. The Labute approximate surface area is 144 Å². The highest BCUT2D eigenvalue weighted by Gasteiger charge is 2.63. The van der Waals surface area contributed by atoms with Crippen LogP contribution >= 0.6 is 0 Å². The summed E-state index contributed by atoms with van der Waals surface area (Å²) in [4.78, 5) is 30.9. The summed E-state index contributed by atoms with van der Waals surface area (Å²) in [5.41, 5.74) is 2.29. The van der Waals surface area contributed by atoms with Gasteiger partial charge in [0.1, 0.15) is 6.33 Å². The maximum Gasteiger partial charge on any atom is 0.258 e. The lowest BCUT2D eigenvalue weighted by atomic mass is 9.81. The Morgan fingerprint density at radius 3 is 2.48 bits per heavy atom. The number of benzene rings is 1.